The van der Waals surface area contributed by atoms with E-state index >= 15 is 0 Å². The Bertz CT molecular complexity index is 817. The number of guanidine groups is 1. The lowest BCUT2D eigenvalue weighted by atomic mass is 10.1. The smallest absolute Gasteiger partial charge is 0.409 e. The molecule has 8 nitrogen and oxygen atoms in total. The SMILES string of the molecule is COC(=O)N1CCC(NC(=NCCCN(C)c2ccccc2)NCCc2ccco2)CC1. The third kappa shape index (κ3) is 7.51. The average molecular weight is 442 g/mol. The molecule has 2 heterocycles. The number of ether oxygens (including phenoxy) is 1. The van der Waals surface area contributed by atoms with Crippen molar-refractivity contribution in [3.8, 4) is 0 Å². The molecule has 8 heteroatoms. The van der Waals surface area contributed by atoms with Crippen LogP contribution in [0.25, 0.3) is 0 Å². The largest absolute Gasteiger partial charge is 0.469 e. The molecule has 0 bridgehead atoms. The van der Waals surface area contributed by atoms with Gasteiger partial charge >= 0.3 is 6.09 Å². The predicted octanol–water partition coefficient (Wildman–Crippen LogP) is 3.11. The first-order chi connectivity index (χ1) is 15.7. The molecule has 0 unspecified atom stereocenters. The fourth-order valence-electron chi connectivity index (χ4n) is 3.75. The molecule has 3 rings (SSSR count). The monoisotopic (exact) mass is 441 g/mol. The standard InChI is InChI=1S/C24H35N5O3/c1-28(21-8-4-3-5-9-21)16-7-14-25-23(26-15-11-22-10-6-19-32-22)27-20-12-17-29(18-13-20)24(30)31-2/h3-6,8-10,19-20H,7,11-18H2,1-2H3,(H2,25,26,27). The van der Waals surface area contributed by atoms with E-state index < -0.39 is 0 Å². The van der Waals surface area contributed by atoms with E-state index in [1.54, 1.807) is 11.2 Å². The maximum atomic E-state index is 11.7. The van der Waals surface area contributed by atoms with Gasteiger partial charge in [0.1, 0.15) is 5.76 Å². The number of carbonyl (C=O) groups excluding carboxylic acids is 1. The summed E-state index contributed by atoms with van der Waals surface area (Å²) in [4.78, 5) is 20.5. The van der Waals surface area contributed by atoms with Crippen LogP contribution in [0, 0.1) is 0 Å². The first kappa shape index (κ1) is 23.5. The van der Waals surface area contributed by atoms with Gasteiger partial charge < -0.3 is 29.6 Å². The van der Waals surface area contributed by atoms with Crippen molar-refractivity contribution < 1.29 is 13.9 Å². The Labute approximate surface area is 190 Å². The number of piperidine rings is 1. The van der Waals surface area contributed by atoms with Gasteiger partial charge in [-0.1, -0.05) is 18.2 Å². The van der Waals surface area contributed by atoms with Gasteiger partial charge in [-0.3, -0.25) is 4.99 Å². The second-order valence-corrected chi connectivity index (χ2v) is 7.97. The minimum absolute atomic E-state index is 0.253. The summed E-state index contributed by atoms with van der Waals surface area (Å²) in [5.41, 5.74) is 1.21. The normalized spacial score (nSPS) is 14.8. The number of benzene rings is 1. The van der Waals surface area contributed by atoms with Crippen LogP contribution in [0.3, 0.4) is 0 Å². The lowest BCUT2D eigenvalue weighted by Gasteiger charge is -2.32. The first-order valence-electron chi connectivity index (χ1n) is 11.3. The number of para-hydroxylation sites is 1. The zero-order chi connectivity index (χ0) is 22.6. The number of aliphatic imine (C=N–C) groups is 1. The number of hydrogen-bond donors (Lipinski definition) is 2. The van der Waals surface area contributed by atoms with Crippen molar-refractivity contribution in [2.45, 2.75) is 31.7 Å². The van der Waals surface area contributed by atoms with Gasteiger partial charge in [-0.15, -0.1) is 0 Å². The van der Waals surface area contributed by atoms with Crippen LogP contribution in [0.5, 0.6) is 0 Å². The first-order valence-corrected chi connectivity index (χ1v) is 11.3. The van der Waals surface area contributed by atoms with Crippen molar-refractivity contribution in [1.29, 1.82) is 0 Å². The number of nitrogens with one attached hydrogen (secondary N) is 2. The van der Waals surface area contributed by atoms with E-state index in [1.807, 2.05) is 18.2 Å². The minimum atomic E-state index is -0.253. The second-order valence-electron chi connectivity index (χ2n) is 7.97. The zero-order valence-corrected chi connectivity index (χ0v) is 19.1. The Balaban J connectivity index is 1.48. The summed E-state index contributed by atoms with van der Waals surface area (Å²) in [7, 11) is 3.53. The number of nitrogens with zero attached hydrogens (tertiary/aromatic N) is 3. The molecular formula is C24H35N5O3. The van der Waals surface area contributed by atoms with E-state index in [2.05, 4.69) is 46.8 Å². The number of hydrogen-bond acceptors (Lipinski definition) is 5. The molecule has 1 aromatic heterocycles. The molecule has 1 aromatic carbocycles. The number of rotatable bonds is 9. The molecule has 2 N–H and O–H groups in total. The van der Waals surface area contributed by atoms with Crippen molar-refractivity contribution >= 4 is 17.7 Å². The van der Waals surface area contributed by atoms with Crippen LogP contribution in [-0.2, 0) is 11.2 Å². The summed E-state index contributed by atoms with van der Waals surface area (Å²) in [6, 6.07) is 14.5. The molecule has 0 saturated carbocycles. The Morgan fingerprint density at radius 2 is 2.00 bits per heavy atom. The molecule has 32 heavy (non-hydrogen) atoms. The van der Waals surface area contributed by atoms with Gasteiger partial charge in [0.25, 0.3) is 0 Å². The van der Waals surface area contributed by atoms with E-state index in [0.29, 0.717) is 13.1 Å². The Kier molecular flexibility index (Phi) is 9.28. The summed E-state index contributed by atoms with van der Waals surface area (Å²) in [5.74, 6) is 1.77. The molecule has 0 radical (unpaired) electrons. The van der Waals surface area contributed by atoms with Crippen molar-refractivity contribution in [3.63, 3.8) is 0 Å². The van der Waals surface area contributed by atoms with Gasteiger partial charge in [-0.05, 0) is 43.5 Å². The quantitative estimate of drug-likeness (QED) is 0.354. The van der Waals surface area contributed by atoms with Crippen LogP contribution >= 0.6 is 0 Å². The summed E-state index contributed by atoms with van der Waals surface area (Å²) in [5, 5.41) is 6.98. The Hall–Kier alpha value is -3.16. The number of methoxy groups -OCH3 is 1. The third-order valence-electron chi connectivity index (χ3n) is 5.63. The number of likely N-dealkylation sites (tertiary alicyclic amines) is 1. The van der Waals surface area contributed by atoms with Crippen LogP contribution in [0.4, 0.5) is 10.5 Å². The lowest BCUT2D eigenvalue weighted by molar-refractivity contribution is 0.111. The fourth-order valence-corrected chi connectivity index (χ4v) is 3.75. The maximum absolute atomic E-state index is 11.7. The Morgan fingerprint density at radius 3 is 2.69 bits per heavy atom. The zero-order valence-electron chi connectivity index (χ0n) is 19.1. The van der Waals surface area contributed by atoms with E-state index in [1.165, 1.54) is 12.8 Å². The van der Waals surface area contributed by atoms with E-state index in [-0.39, 0.29) is 12.1 Å². The van der Waals surface area contributed by atoms with Crippen LogP contribution in [0.2, 0.25) is 0 Å². The highest BCUT2D eigenvalue weighted by Gasteiger charge is 2.23. The number of furan rings is 1. The molecule has 0 atom stereocenters. The number of amides is 1. The van der Waals surface area contributed by atoms with Gasteiger partial charge in [-0.2, -0.15) is 0 Å². The van der Waals surface area contributed by atoms with Crippen molar-refractivity contribution in [3.05, 3.63) is 54.5 Å². The summed E-state index contributed by atoms with van der Waals surface area (Å²) >= 11 is 0. The van der Waals surface area contributed by atoms with Gasteiger partial charge in [0.15, 0.2) is 5.96 Å². The van der Waals surface area contributed by atoms with Gasteiger partial charge in [0.2, 0.25) is 0 Å². The minimum Gasteiger partial charge on any atom is -0.469 e. The topological polar surface area (TPSA) is 82.3 Å². The molecular weight excluding hydrogens is 406 g/mol. The summed E-state index contributed by atoms with van der Waals surface area (Å²) in [6.07, 6.45) is 4.93. The predicted molar refractivity (Wildman–Crippen MR) is 127 cm³/mol. The lowest BCUT2D eigenvalue weighted by Crippen LogP contribution is -2.50. The second kappa shape index (κ2) is 12.6. The third-order valence-corrected chi connectivity index (χ3v) is 5.63. The van der Waals surface area contributed by atoms with Gasteiger partial charge in [0.05, 0.1) is 13.4 Å². The van der Waals surface area contributed by atoms with E-state index in [9.17, 15) is 4.79 Å². The molecule has 1 amide bonds. The molecule has 2 aromatic rings. The summed E-state index contributed by atoms with van der Waals surface area (Å²) in [6.45, 7) is 3.78. The average Bonchev–Trinajstić information content (AvgIpc) is 3.35. The number of carbonyl (C=O) groups is 1. The van der Waals surface area contributed by atoms with Crippen molar-refractivity contribution in [1.82, 2.24) is 15.5 Å². The maximum Gasteiger partial charge on any atom is 0.409 e. The molecule has 0 aliphatic carbocycles. The van der Waals surface area contributed by atoms with Gasteiger partial charge in [0, 0.05) is 57.9 Å². The van der Waals surface area contributed by atoms with Crippen LogP contribution in [-0.4, -0.2) is 69.9 Å². The molecule has 1 saturated heterocycles. The van der Waals surface area contributed by atoms with Gasteiger partial charge in [-0.25, -0.2) is 4.79 Å². The fraction of sp³-hybridized carbons (Fsp3) is 0.500. The van der Waals surface area contributed by atoms with Crippen LogP contribution in [0.15, 0.2) is 58.1 Å². The highest BCUT2D eigenvalue weighted by molar-refractivity contribution is 5.80. The highest BCUT2D eigenvalue weighted by atomic mass is 16.5. The molecule has 1 fully saturated rings. The van der Waals surface area contributed by atoms with E-state index in [0.717, 1.165) is 57.0 Å². The number of anilines is 1. The van der Waals surface area contributed by atoms with E-state index in [4.69, 9.17) is 14.1 Å². The molecule has 174 valence electrons. The van der Waals surface area contributed by atoms with Crippen molar-refractivity contribution in [2.75, 3.05) is 51.8 Å². The van der Waals surface area contributed by atoms with Crippen LogP contribution in [0.1, 0.15) is 25.0 Å². The molecule has 0 spiro atoms. The molecule has 1 aliphatic rings. The summed E-state index contributed by atoms with van der Waals surface area (Å²) < 4.78 is 10.3. The van der Waals surface area contributed by atoms with Crippen molar-refractivity contribution in [2.24, 2.45) is 4.99 Å². The molecule has 1 aliphatic heterocycles. The highest BCUT2D eigenvalue weighted by Crippen LogP contribution is 2.12. The Morgan fingerprint density at radius 1 is 1.22 bits per heavy atom. The van der Waals surface area contributed by atoms with Crippen LogP contribution < -0.4 is 15.5 Å².